The van der Waals surface area contributed by atoms with Gasteiger partial charge in [-0.05, 0) is 62.6 Å². The monoisotopic (exact) mass is 422 g/mol. The van der Waals surface area contributed by atoms with Gasteiger partial charge in [0.15, 0.2) is 11.5 Å². The Morgan fingerprint density at radius 2 is 1.87 bits per heavy atom. The summed E-state index contributed by atoms with van der Waals surface area (Å²) in [5, 5.41) is 5.37. The van der Waals surface area contributed by atoms with Gasteiger partial charge in [0, 0.05) is 5.56 Å². The molecule has 3 aliphatic rings. The molecule has 1 aliphatic heterocycles. The van der Waals surface area contributed by atoms with Crippen molar-refractivity contribution in [1.29, 1.82) is 0 Å². The molecule has 4 rings (SSSR count). The molecule has 0 N–H and O–H groups in total. The second-order valence-electron chi connectivity index (χ2n) is 8.50. The van der Waals surface area contributed by atoms with Crippen LogP contribution in [0.1, 0.15) is 44.7 Å². The third kappa shape index (κ3) is 3.80. The number of rotatable bonds is 9. The fourth-order valence-corrected chi connectivity index (χ4v) is 4.87. The average Bonchev–Trinajstić information content (AvgIpc) is 3.43. The molecular weight excluding hydrogens is 392 g/mol. The van der Waals surface area contributed by atoms with Gasteiger partial charge in [0.1, 0.15) is 0 Å². The minimum Gasteiger partial charge on any atom is -0.490 e. The molecule has 2 fully saturated rings. The number of imide groups is 1. The summed E-state index contributed by atoms with van der Waals surface area (Å²) in [6, 6.07) is 3.79. The fraction of sp³-hybridized carbons (Fsp3) is 0.480. The van der Waals surface area contributed by atoms with E-state index in [9.17, 15) is 9.59 Å². The van der Waals surface area contributed by atoms with E-state index in [1.165, 1.54) is 0 Å². The Labute approximate surface area is 183 Å². The van der Waals surface area contributed by atoms with Crippen LogP contribution < -0.4 is 9.47 Å². The molecule has 2 amide bonds. The summed E-state index contributed by atoms with van der Waals surface area (Å²) in [5.41, 5.74) is 1.68. The Morgan fingerprint density at radius 3 is 2.45 bits per heavy atom. The highest BCUT2D eigenvalue weighted by atomic mass is 16.5. The molecule has 1 saturated carbocycles. The molecule has 1 saturated heterocycles. The van der Waals surface area contributed by atoms with Crippen LogP contribution >= 0.6 is 0 Å². The van der Waals surface area contributed by atoms with Crippen molar-refractivity contribution in [2.45, 2.75) is 46.1 Å². The van der Waals surface area contributed by atoms with Gasteiger partial charge in [-0.25, -0.2) is 0 Å². The lowest BCUT2D eigenvalue weighted by atomic mass is 9.85. The predicted molar refractivity (Wildman–Crippen MR) is 119 cm³/mol. The van der Waals surface area contributed by atoms with Crippen LogP contribution in [0.5, 0.6) is 11.5 Å². The first-order valence-electron chi connectivity index (χ1n) is 11.2. The van der Waals surface area contributed by atoms with E-state index in [4.69, 9.17) is 9.47 Å². The van der Waals surface area contributed by atoms with Crippen molar-refractivity contribution in [1.82, 2.24) is 5.01 Å². The number of benzene rings is 1. The van der Waals surface area contributed by atoms with Crippen LogP contribution in [-0.4, -0.2) is 35.7 Å². The molecule has 2 bridgehead atoms. The van der Waals surface area contributed by atoms with E-state index in [2.05, 4.69) is 30.8 Å². The van der Waals surface area contributed by atoms with Crippen LogP contribution in [-0.2, 0) is 16.0 Å². The Hall–Kier alpha value is -2.89. The Morgan fingerprint density at radius 1 is 1.19 bits per heavy atom. The zero-order valence-corrected chi connectivity index (χ0v) is 18.4. The summed E-state index contributed by atoms with van der Waals surface area (Å²) in [4.78, 5) is 25.7. The second-order valence-corrected chi connectivity index (χ2v) is 8.50. The number of carbonyl (C=O) groups is 2. The number of hydrazone groups is 1. The number of ether oxygens (including phenoxy) is 2. The van der Waals surface area contributed by atoms with E-state index >= 15 is 0 Å². The van der Waals surface area contributed by atoms with Crippen LogP contribution in [0.2, 0.25) is 0 Å². The van der Waals surface area contributed by atoms with E-state index in [-0.39, 0.29) is 41.6 Å². The molecule has 5 atom stereocenters. The highest BCUT2D eigenvalue weighted by Gasteiger charge is 2.59. The minimum atomic E-state index is -0.249. The predicted octanol–water partition coefficient (Wildman–Crippen LogP) is 4.13. The maximum absolute atomic E-state index is 12.9. The lowest BCUT2D eigenvalue weighted by Crippen LogP contribution is -2.28. The summed E-state index contributed by atoms with van der Waals surface area (Å²) in [6.45, 7) is 10.4. The first-order valence-corrected chi connectivity index (χ1v) is 11.2. The summed E-state index contributed by atoms with van der Waals surface area (Å²) < 4.78 is 12.0. The molecule has 1 aromatic carbocycles. The number of carbonyl (C=O) groups excluding carboxylic acids is 2. The second kappa shape index (κ2) is 8.69. The van der Waals surface area contributed by atoms with E-state index in [0.29, 0.717) is 24.5 Å². The lowest BCUT2D eigenvalue weighted by molar-refractivity contribution is -0.140. The minimum absolute atomic E-state index is 0.0468. The molecule has 2 aliphatic carbocycles. The third-order valence-corrected chi connectivity index (χ3v) is 6.48. The van der Waals surface area contributed by atoms with Crippen molar-refractivity contribution in [2.75, 3.05) is 6.61 Å². The molecule has 1 heterocycles. The molecule has 6 nitrogen and oxygen atoms in total. The molecule has 0 radical (unpaired) electrons. The van der Waals surface area contributed by atoms with Gasteiger partial charge in [-0.15, -0.1) is 6.58 Å². The molecule has 1 aromatic rings. The number of fused-ring (bicyclic) bond motifs is 5. The van der Waals surface area contributed by atoms with Crippen LogP contribution in [0.15, 0.2) is 42.0 Å². The standard InChI is InChI=1S/C25H30N2O4/c1-5-8-19-11-16(12-20(30-7-3)23(19)31-15(4)6-2)14-26-27-24(28)21-17-9-10-18(13-17)22(21)25(27)29/h5,9-12,14-15,17-18,21-22H,1,6-8,13H2,2-4H3/t15-,17-,18-,21-,22+/m0/s1. The van der Waals surface area contributed by atoms with Crippen molar-refractivity contribution in [3.8, 4) is 11.5 Å². The maximum Gasteiger partial charge on any atom is 0.254 e. The highest BCUT2D eigenvalue weighted by Crippen LogP contribution is 2.52. The maximum atomic E-state index is 12.9. The van der Waals surface area contributed by atoms with E-state index < -0.39 is 0 Å². The molecule has 0 unspecified atom stereocenters. The van der Waals surface area contributed by atoms with Gasteiger partial charge in [0.2, 0.25) is 0 Å². The van der Waals surface area contributed by atoms with Crippen molar-refractivity contribution < 1.29 is 19.1 Å². The Bertz CT molecular complexity index is 921. The van der Waals surface area contributed by atoms with Crippen molar-refractivity contribution in [2.24, 2.45) is 28.8 Å². The fourth-order valence-electron chi connectivity index (χ4n) is 4.87. The number of allylic oxidation sites excluding steroid dienone is 3. The number of nitrogens with zero attached hydrogens (tertiary/aromatic N) is 2. The molecule has 0 aromatic heterocycles. The Balaban J connectivity index is 1.62. The lowest BCUT2D eigenvalue weighted by Gasteiger charge is -2.20. The zero-order chi connectivity index (χ0) is 22.1. The summed E-state index contributed by atoms with van der Waals surface area (Å²) in [7, 11) is 0. The van der Waals surface area contributed by atoms with E-state index in [1.807, 2.05) is 32.1 Å². The first kappa shape index (κ1) is 21.3. The van der Waals surface area contributed by atoms with Crippen LogP contribution in [0.4, 0.5) is 0 Å². The van der Waals surface area contributed by atoms with Crippen molar-refractivity contribution in [3.05, 3.63) is 48.1 Å². The van der Waals surface area contributed by atoms with E-state index in [0.717, 1.165) is 29.0 Å². The van der Waals surface area contributed by atoms with Crippen molar-refractivity contribution >= 4 is 18.0 Å². The Kier molecular flexibility index (Phi) is 5.99. The molecule has 164 valence electrons. The van der Waals surface area contributed by atoms with Gasteiger partial charge in [-0.3, -0.25) is 9.59 Å². The summed E-state index contributed by atoms with van der Waals surface area (Å²) in [5.74, 6) is 0.815. The normalized spacial score (nSPS) is 27.3. The first-order chi connectivity index (χ1) is 15.0. The highest BCUT2D eigenvalue weighted by molar-refractivity contribution is 6.06. The zero-order valence-electron chi connectivity index (χ0n) is 18.4. The number of hydrogen-bond donors (Lipinski definition) is 0. The summed E-state index contributed by atoms with van der Waals surface area (Å²) in [6.07, 6.45) is 9.97. The largest absolute Gasteiger partial charge is 0.490 e. The van der Waals surface area contributed by atoms with Crippen LogP contribution in [0.25, 0.3) is 0 Å². The topological polar surface area (TPSA) is 68.2 Å². The number of amides is 2. The van der Waals surface area contributed by atoms with Gasteiger partial charge in [-0.2, -0.15) is 10.1 Å². The van der Waals surface area contributed by atoms with Crippen LogP contribution in [0, 0.1) is 23.7 Å². The smallest absolute Gasteiger partial charge is 0.254 e. The van der Waals surface area contributed by atoms with E-state index in [1.54, 1.807) is 6.21 Å². The van der Waals surface area contributed by atoms with Gasteiger partial charge in [0.05, 0.1) is 30.8 Å². The van der Waals surface area contributed by atoms with Crippen molar-refractivity contribution in [3.63, 3.8) is 0 Å². The molecule has 31 heavy (non-hydrogen) atoms. The summed E-state index contributed by atoms with van der Waals surface area (Å²) >= 11 is 0. The van der Waals surface area contributed by atoms with Crippen LogP contribution in [0.3, 0.4) is 0 Å². The third-order valence-electron chi connectivity index (χ3n) is 6.48. The molecular formula is C25H30N2O4. The number of hydrogen-bond acceptors (Lipinski definition) is 5. The van der Waals surface area contributed by atoms with Gasteiger partial charge in [0.25, 0.3) is 11.8 Å². The molecule has 6 heteroatoms. The van der Waals surface area contributed by atoms with Gasteiger partial charge >= 0.3 is 0 Å². The van der Waals surface area contributed by atoms with Gasteiger partial charge in [-0.1, -0.05) is 25.2 Å². The average molecular weight is 423 g/mol. The quantitative estimate of drug-likeness (QED) is 0.341. The molecule has 0 spiro atoms. The SMILES string of the molecule is C=CCc1cc(C=NN2C(=O)[C@@H]3[C@H](C2=O)[C@H]2C=C[C@H]3C2)cc(OCC)c1O[C@@H](C)CC. The van der Waals surface area contributed by atoms with Gasteiger partial charge < -0.3 is 9.47 Å².